The molecule has 160 valence electrons. The van der Waals surface area contributed by atoms with Gasteiger partial charge >= 0.3 is 5.97 Å². The van der Waals surface area contributed by atoms with Gasteiger partial charge in [-0.15, -0.1) is 0 Å². The highest BCUT2D eigenvalue weighted by molar-refractivity contribution is 6.70. The zero-order valence-corrected chi connectivity index (χ0v) is 19.7. The topological polar surface area (TPSA) is 52.6 Å². The van der Waals surface area contributed by atoms with Gasteiger partial charge in [-0.2, -0.15) is 0 Å². The third kappa shape index (κ3) is 2.55. The van der Waals surface area contributed by atoms with E-state index in [-0.39, 0.29) is 28.3 Å². The Morgan fingerprint density at radius 2 is 1.83 bits per heavy atom. The van der Waals surface area contributed by atoms with Crippen LogP contribution in [-0.4, -0.2) is 26.2 Å². The van der Waals surface area contributed by atoms with Gasteiger partial charge in [-0.25, -0.2) is 0 Å². The number of Topliss-reactive ketones (excluding diaryl/α,β-unsaturated/α-hetero) is 1. The highest BCUT2D eigenvalue weighted by atomic mass is 28.4. The summed E-state index contributed by atoms with van der Waals surface area (Å²) >= 11 is 0. The molecular weight excluding hydrogens is 380 g/mol. The van der Waals surface area contributed by atoms with Crippen molar-refractivity contribution in [2.45, 2.75) is 91.0 Å². The lowest BCUT2D eigenvalue weighted by Gasteiger charge is -2.52. The predicted octanol–water partition coefficient (Wildman–Crippen LogP) is 5.24. The van der Waals surface area contributed by atoms with E-state index < -0.39 is 8.32 Å². The molecule has 0 unspecified atom stereocenters. The minimum Gasteiger partial charge on any atom is -0.548 e. The summed E-state index contributed by atoms with van der Waals surface area (Å²) < 4.78 is 12.4. The number of ether oxygens (including phenoxy) is 1. The van der Waals surface area contributed by atoms with Crippen LogP contribution in [0.15, 0.2) is 11.8 Å². The fourth-order valence-electron chi connectivity index (χ4n) is 8.39. The second-order valence-electron chi connectivity index (χ2n) is 11.7. The van der Waals surface area contributed by atoms with Crippen molar-refractivity contribution in [2.75, 3.05) is 0 Å². The Labute approximate surface area is 175 Å². The van der Waals surface area contributed by atoms with Crippen molar-refractivity contribution in [3.05, 3.63) is 11.8 Å². The summed E-state index contributed by atoms with van der Waals surface area (Å²) in [5.74, 6) is 3.21. The van der Waals surface area contributed by atoms with Crippen LogP contribution < -0.4 is 0 Å². The summed E-state index contributed by atoms with van der Waals surface area (Å²) in [5.41, 5.74) is -0.0372. The zero-order valence-electron chi connectivity index (χ0n) is 18.7. The third-order valence-electron chi connectivity index (χ3n) is 9.34. The number of fused-ring (bicyclic) bond motifs is 3. The Morgan fingerprint density at radius 1 is 1.07 bits per heavy atom. The maximum absolute atomic E-state index is 12.7. The van der Waals surface area contributed by atoms with Crippen molar-refractivity contribution in [3.8, 4) is 0 Å². The molecule has 0 bridgehead atoms. The van der Waals surface area contributed by atoms with E-state index in [2.05, 4.69) is 32.6 Å². The number of carbonyl (C=O) groups excluding carboxylic acids is 2. The molecule has 0 N–H and O–H groups in total. The molecule has 0 radical (unpaired) electrons. The molecule has 5 aliphatic rings. The first-order valence-corrected chi connectivity index (χ1v) is 15.1. The van der Waals surface area contributed by atoms with E-state index >= 15 is 0 Å². The molecule has 5 rings (SSSR count). The van der Waals surface area contributed by atoms with Gasteiger partial charge in [0.15, 0.2) is 0 Å². The van der Waals surface area contributed by atoms with Crippen LogP contribution in [0.2, 0.25) is 19.6 Å². The van der Waals surface area contributed by atoms with Crippen molar-refractivity contribution in [3.63, 3.8) is 0 Å². The SMILES string of the molecule is CC(=O)O[C@H]1[C@@]23CCC(O[Si](C)(C)C)=C[C@@]12CC[C@@H]1[C@@H]3CC[C@]2(C)C(=O)CC[C@@H]12. The largest absolute Gasteiger partial charge is 0.548 e. The van der Waals surface area contributed by atoms with E-state index in [9.17, 15) is 9.59 Å². The molecule has 0 aromatic rings. The average molecular weight is 417 g/mol. The number of esters is 1. The molecule has 0 aromatic carbocycles. The minimum absolute atomic E-state index is 0.00620. The molecule has 0 aromatic heterocycles. The first kappa shape index (κ1) is 19.8. The van der Waals surface area contributed by atoms with Crippen molar-refractivity contribution < 1.29 is 18.8 Å². The maximum Gasteiger partial charge on any atom is 0.302 e. The lowest BCUT2D eigenvalue weighted by Crippen LogP contribution is -2.48. The van der Waals surface area contributed by atoms with Gasteiger partial charge in [0, 0.05) is 36.0 Å². The summed E-state index contributed by atoms with van der Waals surface area (Å²) in [4.78, 5) is 24.7. The van der Waals surface area contributed by atoms with Crippen LogP contribution in [-0.2, 0) is 18.8 Å². The molecule has 0 amide bonds. The van der Waals surface area contributed by atoms with E-state index in [0.29, 0.717) is 23.5 Å². The smallest absolute Gasteiger partial charge is 0.302 e. The van der Waals surface area contributed by atoms with Gasteiger partial charge in [0.05, 0.1) is 5.76 Å². The Kier molecular flexibility index (Phi) is 4.09. The van der Waals surface area contributed by atoms with Crippen LogP contribution >= 0.6 is 0 Å². The van der Waals surface area contributed by atoms with Crippen molar-refractivity contribution in [2.24, 2.45) is 34.0 Å². The molecule has 0 spiro atoms. The van der Waals surface area contributed by atoms with Gasteiger partial charge in [-0.05, 0) is 82.0 Å². The summed E-state index contributed by atoms with van der Waals surface area (Å²) in [6, 6.07) is 0. The molecule has 0 heterocycles. The first-order valence-electron chi connectivity index (χ1n) is 11.6. The molecule has 5 aliphatic carbocycles. The van der Waals surface area contributed by atoms with E-state index in [4.69, 9.17) is 9.16 Å². The summed E-state index contributed by atoms with van der Waals surface area (Å²) in [6.45, 7) is 10.5. The van der Waals surface area contributed by atoms with Gasteiger partial charge in [0.25, 0.3) is 0 Å². The summed E-state index contributed by atoms with van der Waals surface area (Å²) in [6.07, 6.45) is 10.6. The van der Waals surface area contributed by atoms with Crippen LogP contribution in [0, 0.1) is 34.0 Å². The van der Waals surface area contributed by atoms with Gasteiger partial charge in [-0.3, -0.25) is 9.59 Å². The number of hydrogen-bond acceptors (Lipinski definition) is 4. The second-order valence-corrected chi connectivity index (χ2v) is 16.2. The lowest BCUT2D eigenvalue weighted by molar-refractivity contribution is -0.145. The number of ketones is 1. The quantitative estimate of drug-likeness (QED) is 0.466. The standard InChI is InChI=1S/C24H36O4Si/c1-15(25)27-21-23-12-9-17-18-6-7-20(26)22(18,2)11-10-19(17)24(21,23)13-8-16(14-23)28-29(3,4)5/h14,17-19,21H,6-13H2,1-5H3/t17-,18-,19-,21+,22-,23-,24-/m0/s1. The molecule has 4 fully saturated rings. The van der Waals surface area contributed by atoms with Gasteiger partial charge in [0.1, 0.15) is 11.9 Å². The number of carbonyl (C=O) groups is 2. The van der Waals surface area contributed by atoms with Crippen molar-refractivity contribution >= 4 is 20.1 Å². The fraction of sp³-hybridized carbons (Fsp3) is 0.833. The summed E-state index contributed by atoms with van der Waals surface area (Å²) in [7, 11) is -1.66. The molecule has 5 heteroatoms. The monoisotopic (exact) mass is 416 g/mol. The molecule has 4 saturated carbocycles. The molecular formula is C24H36O4Si. The Hall–Kier alpha value is -1.10. The van der Waals surface area contributed by atoms with E-state index in [1.807, 2.05) is 0 Å². The molecule has 4 nitrogen and oxygen atoms in total. The first-order chi connectivity index (χ1) is 13.5. The Bertz CT molecular complexity index is 797. The molecule has 0 aliphatic heterocycles. The van der Waals surface area contributed by atoms with Gasteiger partial charge < -0.3 is 9.16 Å². The molecule has 29 heavy (non-hydrogen) atoms. The van der Waals surface area contributed by atoms with Crippen LogP contribution in [0.1, 0.15) is 65.2 Å². The van der Waals surface area contributed by atoms with Crippen molar-refractivity contribution in [1.29, 1.82) is 0 Å². The van der Waals surface area contributed by atoms with E-state index in [1.54, 1.807) is 6.92 Å². The molecule has 0 saturated heterocycles. The number of hydrogen-bond donors (Lipinski definition) is 0. The van der Waals surface area contributed by atoms with Crippen LogP contribution in [0.25, 0.3) is 0 Å². The van der Waals surface area contributed by atoms with Crippen LogP contribution in [0.3, 0.4) is 0 Å². The van der Waals surface area contributed by atoms with Crippen LogP contribution in [0.5, 0.6) is 0 Å². The van der Waals surface area contributed by atoms with Gasteiger partial charge in [-0.1, -0.05) is 6.92 Å². The second kappa shape index (κ2) is 5.99. The van der Waals surface area contributed by atoms with E-state index in [1.165, 1.54) is 0 Å². The molecule has 7 atom stereocenters. The number of allylic oxidation sites excluding steroid dienone is 1. The predicted molar refractivity (Wildman–Crippen MR) is 113 cm³/mol. The Balaban J connectivity index is 1.51. The lowest BCUT2D eigenvalue weighted by atomic mass is 9.51. The van der Waals surface area contributed by atoms with Crippen molar-refractivity contribution in [1.82, 2.24) is 0 Å². The minimum atomic E-state index is -1.66. The maximum atomic E-state index is 12.7. The summed E-state index contributed by atoms with van der Waals surface area (Å²) in [5, 5.41) is 0. The zero-order chi connectivity index (χ0) is 20.8. The Morgan fingerprint density at radius 3 is 2.52 bits per heavy atom. The van der Waals surface area contributed by atoms with E-state index in [0.717, 1.165) is 57.1 Å². The normalized spacial score (nSPS) is 47.9. The number of rotatable bonds is 3. The fourth-order valence-corrected chi connectivity index (χ4v) is 9.34. The average Bonchev–Trinajstić information content (AvgIpc) is 3.06. The highest BCUT2D eigenvalue weighted by Gasteiger charge is 2.83. The highest BCUT2D eigenvalue weighted by Crippen LogP contribution is 2.82. The van der Waals surface area contributed by atoms with Crippen LogP contribution in [0.4, 0.5) is 0 Å². The third-order valence-corrected chi connectivity index (χ3v) is 10.2. The van der Waals surface area contributed by atoms with Gasteiger partial charge in [0.2, 0.25) is 8.32 Å².